The first-order valence-corrected chi connectivity index (χ1v) is 14.5. The zero-order valence-corrected chi connectivity index (χ0v) is 23.6. The molecule has 2 heterocycles. The van der Waals surface area contributed by atoms with Crippen molar-refractivity contribution in [1.82, 2.24) is 10.2 Å². The van der Waals surface area contributed by atoms with Crippen LogP contribution in [0.25, 0.3) is 11.1 Å². The molecule has 0 aromatic heterocycles. The predicted molar refractivity (Wildman–Crippen MR) is 156 cm³/mol. The summed E-state index contributed by atoms with van der Waals surface area (Å²) in [4.78, 5) is 25.2. The van der Waals surface area contributed by atoms with Crippen molar-refractivity contribution in [1.29, 1.82) is 0 Å². The van der Waals surface area contributed by atoms with Crippen LogP contribution in [0.15, 0.2) is 72.8 Å². The molecule has 0 radical (unpaired) electrons. The van der Waals surface area contributed by atoms with Gasteiger partial charge in [-0.15, -0.1) is 0 Å². The first-order chi connectivity index (χ1) is 20.5. The quantitative estimate of drug-likeness (QED) is 0.312. The summed E-state index contributed by atoms with van der Waals surface area (Å²) in [5, 5.41) is 21.1. The van der Waals surface area contributed by atoms with Gasteiger partial charge in [-0.2, -0.15) is 0 Å². The smallest absolute Gasteiger partial charge is 0.303 e. The zero-order chi connectivity index (χ0) is 29.3. The second kappa shape index (κ2) is 14.5. The average Bonchev–Trinajstić information content (AvgIpc) is 3.03. The van der Waals surface area contributed by atoms with E-state index in [9.17, 15) is 14.7 Å². The Hall–Kier alpha value is -3.60. The number of nitrogens with one attached hydrogen (secondary N) is 1. The molecular formula is C33H38N2O7. The van der Waals surface area contributed by atoms with E-state index < -0.39 is 12.3 Å². The van der Waals surface area contributed by atoms with E-state index in [0.717, 1.165) is 72.6 Å². The van der Waals surface area contributed by atoms with Crippen molar-refractivity contribution in [2.45, 2.75) is 50.9 Å². The van der Waals surface area contributed by atoms with Crippen molar-refractivity contribution in [3.63, 3.8) is 0 Å². The van der Waals surface area contributed by atoms with Crippen LogP contribution in [0.5, 0.6) is 0 Å². The van der Waals surface area contributed by atoms with E-state index in [4.69, 9.17) is 19.3 Å². The van der Waals surface area contributed by atoms with Gasteiger partial charge in [-0.05, 0) is 27.8 Å². The van der Waals surface area contributed by atoms with Crippen LogP contribution in [0.2, 0.25) is 0 Å². The zero-order valence-electron chi connectivity index (χ0n) is 23.6. The molecule has 5 rings (SSSR count). The number of hydrogen-bond acceptors (Lipinski definition) is 7. The number of ether oxygens (including phenoxy) is 3. The standard InChI is InChI=1S/C33H38N2O7/c36-22-23-5-7-25(8-6-23)30-19-28(21-35-15-17-40-18-16-35)41-33(42-30)26-11-9-24(10-12-26)29-4-2-1-3-27(29)20-34-31(37)13-14-32(38)39/h1-12,28,30,33,36H,13-22H2,(H,34,37)(H,38,39)/t28-,30+,33+/m1/s1. The molecule has 0 spiro atoms. The summed E-state index contributed by atoms with van der Waals surface area (Å²) in [5.74, 6) is -1.28. The topological polar surface area (TPSA) is 118 Å². The van der Waals surface area contributed by atoms with Gasteiger partial charge in [0.05, 0.1) is 38.4 Å². The van der Waals surface area contributed by atoms with Gasteiger partial charge in [-0.3, -0.25) is 14.5 Å². The lowest BCUT2D eigenvalue weighted by atomic mass is 9.97. The molecule has 2 saturated heterocycles. The molecular weight excluding hydrogens is 536 g/mol. The Morgan fingerprint density at radius 1 is 0.881 bits per heavy atom. The molecule has 2 fully saturated rings. The molecule has 0 bridgehead atoms. The number of morpholine rings is 1. The Morgan fingerprint density at radius 2 is 1.60 bits per heavy atom. The van der Waals surface area contributed by atoms with E-state index in [-0.39, 0.29) is 37.6 Å². The minimum Gasteiger partial charge on any atom is -0.481 e. The van der Waals surface area contributed by atoms with Gasteiger partial charge in [0.1, 0.15) is 0 Å². The van der Waals surface area contributed by atoms with Crippen molar-refractivity contribution in [3.05, 3.63) is 95.1 Å². The van der Waals surface area contributed by atoms with Gasteiger partial charge >= 0.3 is 5.97 Å². The van der Waals surface area contributed by atoms with Crippen molar-refractivity contribution >= 4 is 11.9 Å². The molecule has 1 amide bonds. The summed E-state index contributed by atoms with van der Waals surface area (Å²) < 4.78 is 18.5. The SMILES string of the molecule is O=C(O)CCC(=O)NCc1ccccc1-c1ccc([C@H]2O[C@@H](CN3CCOCC3)C[C@@H](c3ccc(CO)cc3)O2)cc1. The van der Waals surface area contributed by atoms with E-state index >= 15 is 0 Å². The number of carboxylic acid groups (broad SMARTS) is 1. The lowest BCUT2D eigenvalue weighted by Gasteiger charge is -2.39. The first-order valence-electron chi connectivity index (χ1n) is 14.5. The Bertz CT molecular complexity index is 1320. The van der Waals surface area contributed by atoms with Gasteiger partial charge in [0.25, 0.3) is 0 Å². The van der Waals surface area contributed by atoms with Crippen LogP contribution in [0.1, 0.15) is 53.9 Å². The van der Waals surface area contributed by atoms with E-state index in [1.54, 1.807) is 0 Å². The summed E-state index contributed by atoms with van der Waals surface area (Å²) in [6.45, 7) is 4.35. The number of rotatable bonds is 11. The van der Waals surface area contributed by atoms with E-state index in [2.05, 4.69) is 10.2 Å². The molecule has 3 aromatic carbocycles. The summed E-state index contributed by atoms with van der Waals surface area (Å²) >= 11 is 0. The van der Waals surface area contributed by atoms with Crippen molar-refractivity contribution in [2.75, 3.05) is 32.8 Å². The van der Waals surface area contributed by atoms with E-state index in [1.165, 1.54) is 0 Å². The van der Waals surface area contributed by atoms with Crippen molar-refractivity contribution in [2.24, 2.45) is 0 Å². The number of aliphatic carboxylic acids is 1. The molecule has 3 N–H and O–H groups in total. The minimum absolute atomic E-state index is 0.00374. The number of amides is 1. The number of aliphatic hydroxyl groups is 1. The summed E-state index contributed by atoms with van der Waals surface area (Å²) in [6, 6.07) is 23.8. The third-order valence-corrected chi connectivity index (χ3v) is 7.73. The van der Waals surface area contributed by atoms with Crippen LogP contribution >= 0.6 is 0 Å². The number of carbonyl (C=O) groups excluding carboxylic acids is 1. The van der Waals surface area contributed by atoms with Crippen LogP contribution in [0.3, 0.4) is 0 Å². The van der Waals surface area contributed by atoms with Crippen LogP contribution in [-0.2, 0) is 37.0 Å². The number of nitrogens with zero attached hydrogens (tertiary/aromatic N) is 1. The molecule has 2 aliphatic rings. The fourth-order valence-electron chi connectivity index (χ4n) is 5.38. The highest BCUT2D eigenvalue weighted by molar-refractivity contribution is 5.80. The van der Waals surface area contributed by atoms with Crippen molar-refractivity contribution in [3.8, 4) is 11.1 Å². The summed E-state index contributed by atoms with van der Waals surface area (Å²) in [6.07, 6.45) is -0.210. The molecule has 42 heavy (non-hydrogen) atoms. The lowest BCUT2D eigenvalue weighted by molar-refractivity contribution is -0.253. The molecule has 3 atom stereocenters. The predicted octanol–water partition coefficient (Wildman–Crippen LogP) is 4.20. The highest BCUT2D eigenvalue weighted by Gasteiger charge is 2.33. The third-order valence-electron chi connectivity index (χ3n) is 7.73. The third kappa shape index (κ3) is 8.02. The molecule has 2 aliphatic heterocycles. The number of carbonyl (C=O) groups is 2. The molecule has 9 nitrogen and oxygen atoms in total. The second-order valence-corrected chi connectivity index (χ2v) is 10.7. The fourth-order valence-corrected chi connectivity index (χ4v) is 5.38. The van der Waals surface area contributed by atoms with Crippen LogP contribution in [0.4, 0.5) is 0 Å². The molecule has 0 unspecified atom stereocenters. The molecule has 9 heteroatoms. The van der Waals surface area contributed by atoms with Gasteiger partial charge in [-0.1, -0.05) is 72.8 Å². The minimum atomic E-state index is -0.991. The second-order valence-electron chi connectivity index (χ2n) is 10.7. The monoisotopic (exact) mass is 574 g/mol. The molecule has 0 aliphatic carbocycles. The molecule has 222 valence electrons. The number of benzene rings is 3. The summed E-state index contributed by atoms with van der Waals surface area (Å²) in [7, 11) is 0. The Balaban J connectivity index is 1.31. The molecule has 3 aromatic rings. The maximum absolute atomic E-state index is 12.1. The highest BCUT2D eigenvalue weighted by atomic mass is 16.7. The maximum Gasteiger partial charge on any atom is 0.303 e. The van der Waals surface area contributed by atoms with E-state index in [1.807, 2.05) is 72.8 Å². The molecule has 0 saturated carbocycles. The fraction of sp³-hybridized carbons (Fsp3) is 0.394. The van der Waals surface area contributed by atoms with Gasteiger partial charge in [0.2, 0.25) is 5.91 Å². The number of carboxylic acids is 1. The van der Waals surface area contributed by atoms with Gasteiger partial charge in [0, 0.05) is 44.6 Å². The van der Waals surface area contributed by atoms with Crippen LogP contribution in [-0.4, -0.2) is 65.9 Å². The largest absolute Gasteiger partial charge is 0.481 e. The van der Waals surface area contributed by atoms with Gasteiger partial charge in [0.15, 0.2) is 6.29 Å². The number of hydrogen-bond donors (Lipinski definition) is 3. The van der Waals surface area contributed by atoms with Gasteiger partial charge in [-0.25, -0.2) is 0 Å². The average molecular weight is 575 g/mol. The highest BCUT2D eigenvalue weighted by Crippen LogP contribution is 2.39. The lowest BCUT2D eigenvalue weighted by Crippen LogP contribution is -2.44. The van der Waals surface area contributed by atoms with Crippen LogP contribution < -0.4 is 5.32 Å². The Kier molecular flexibility index (Phi) is 10.3. The Labute approximate surface area is 246 Å². The van der Waals surface area contributed by atoms with Crippen LogP contribution in [0, 0.1) is 0 Å². The maximum atomic E-state index is 12.1. The first kappa shape index (κ1) is 29.9. The van der Waals surface area contributed by atoms with Gasteiger partial charge < -0.3 is 29.7 Å². The number of aliphatic hydroxyl groups excluding tert-OH is 1. The van der Waals surface area contributed by atoms with Crippen molar-refractivity contribution < 1.29 is 34.0 Å². The normalized spacial score (nSPS) is 21.1. The summed E-state index contributed by atoms with van der Waals surface area (Å²) in [5.41, 5.74) is 5.76. The Morgan fingerprint density at radius 3 is 2.31 bits per heavy atom. The van der Waals surface area contributed by atoms with E-state index in [0.29, 0.717) is 6.54 Å².